The number of carbonyl (C=O) groups is 6. The Morgan fingerprint density at radius 2 is 0.404 bits per heavy atom. The van der Waals surface area contributed by atoms with Gasteiger partial charge in [-0.25, -0.2) is 0 Å². The summed E-state index contributed by atoms with van der Waals surface area (Å²) in [5.74, 6) is -9.40. The average molecular weight is 989 g/mol. The third-order valence-corrected chi connectivity index (χ3v) is 6.30. The molecule has 0 aromatic rings. The Balaban J connectivity index is -0.000000143. The SMILES string of the molecule is O=C([O-])CN(CC(=O)[O-])CC(=O)[O-].O=C([O-])CN(CC(=O)[O-])CC(=O)[O-].OCC[NH+](CCO)CCO.OCC[NH+](CCO)CCO.OCC[NH+](CCO)CCO.[Dy+3]. The van der Waals surface area contributed by atoms with Crippen LogP contribution in [0.2, 0.25) is 0 Å². The van der Waals surface area contributed by atoms with Crippen molar-refractivity contribution in [3.63, 3.8) is 0 Å². The van der Waals surface area contributed by atoms with Gasteiger partial charge in [-0.1, -0.05) is 0 Å². The fraction of sp³-hybridized carbons (Fsp3) is 0.800. The number of aliphatic hydroxyl groups is 9. The number of aliphatic carboxylic acids is 6. The molecule has 57 heavy (non-hydrogen) atoms. The quantitative estimate of drug-likeness (QED) is 0.0318. The van der Waals surface area contributed by atoms with Crippen LogP contribution in [0.15, 0.2) is 0 Å². The molecule has 0 rings (SSSR count). The summed E-state index contributed by atoms with van der Waals surface area (Å²) >= 11 is 0. The minimum Gasteiger partial charge on any atom is -0.549 e. The van der Waals surface area contributed by atoms with E-state index in [9.17, 15) is 59.4 Å². The van der Waals surface area contributed by atoms with Crippen molar-refractivity contribution in [2.24, 2.45) is 0 Å². The van der Waals surface area contributed by atoms with E-state index in [1.165, 1.54) is 0 Å². The molecule has 12 N–H and O–H groups in total. The average Bonchev–Trinajstić information content (AvgIpc) is 3.05. The molecule has 0 heterocycles. The summed E-state index contributed by atoms with van der Waals surface area (Å²) in [6.07, 6.45) is 0. The van der Waals surface area contributed by atoms with E-state index in [1.54, 1.807) is 0 Å². The van der Waals surface area contributed by atoms with Crippen LogP contribution in [-0.4, -0.2) is 249 Å². The first-order valence-electron chi connectivity index (χ1n) is 17.0. The number of carboxylic acid groups (broad SMARTS) is 6. The number of hydrogen-bond acceptors (Lipinski definition) is 23. The molecule has 27 heteroatoms. The first-order valence-corrected chi connectivity index (χ1v) is 17.0. The number of hydrogen-bond donors (Lipinski definition) is 12. The van der Waals surface area contributed by atoms with Crippen LogP contribution in [0.3, 0.4) is 0 Å². The molecule has 1 radical (unpaired) electrons. The molecule has 0 aliphatic rings. The summed E-state index contributed by atoms with van der Waals surface area (Å²) in [6.45, 7) is 1.60. The maximum Gasteiger partial charge on any atom is 3.00 e. The second-order valence-corrected chi connectivity index (χ2v) is 11.0. The molecule has 0 amide bonds. The summed E-state index contributed by atoms with van der Waals surface area (Å²) in [4.78, 5) is 64.3. The van der Waals surface area contributed by atoms with E-state index in [-0.39, 0.29) is 97.6 Å². The van der Waals surface area contributed by atoms with Crippen LogP contribution in [0.25, 0.3) is 0 Å². The Labute approximate surface area is 360 Å². The van der Waals surface area contributed by atoms with Crippen molar-refractivity contribution in [2.75, 3.05) is 158 Å². The van der Waals surface area contributed by atoms with Gasteiger partial charge < -0.3 is 120 Å². The molecule has 0 saturated heterocycles. The zero-order chi connectivity index (χ0) is 44.3. The molecule has 0 aliphatic carbocycles. The van der Waals surface area contributed by atoms with Gasteiger partial charge in [-0.05, 0) is 0 Å². The standard InChI is InChI=1S/2C6H9NO6.3C6H15NO3.Dy/c2*8-4(9)1-7(2-5(10)11)3-6(12)13;3*8-4-1-7(2-5-9)3-6-10;/h2*1-3H2,(H,8,9)(H,10,11)(H,12,13);3*8-10H,1-6H2;/q;;;;;+3/p-3. The van der Waals surface area contributed by atoms with Crippen molar-refractivity contribution in [1.82, 2.24) is 9.80 Å². The zero-order valence-electron chi connectivity index (χ0n) is 31.6. The summed E-state index contributed by atoms with van der Waals surface area (Å²) in [5, 5.41) is 137. The van der Waals surface area contributed by atoms with Crippen molar-refractivity contribution in [2.45, 2.75) is 0 Å². The van der Waals surface area contributed by atoms with Crippen molar-refractivity contribution in [1.29, 1.82) is 0 Å². The number of aliphatic hydroxyl groups excluding tert-OH is 9. The summed E-state index contributed by atoms with van der Waals surface area (Å²) in [5.41, 5.74) is 0. The molecule has 341 valence electrons. The second-order valence-electron chi connectivity index (χ2n) is 11.0. The van der Waals surface area contributed by atoms with Gasteiger partial charge in [-0.3, -0.25) is 9.80 Å². The third kappa shape index (κ3) is 60.4. The minimum atomic E-state index is -1.57. The third-order valence-electron chi connectivity index (χ3n) is 6.30. The Hall–Kier alpha value is -2.47. The number of nitrogens with zero attached hydrogens (tertiary/aromatic N) is 2. The molecule has 0 spiro atoms. The van der Waals surface area contributed by atoms with Gasteiger partial charge in [0.05, 0.1) is 95.3 Å². The molecule has 0 bridgehead atoms. The topological polar surface area (TPSA) is 443 Å². The summed E-state index contributed by atoms with van der Waals surface area (Å²) in [6, 6.07) is 0. The molecule has 0 unspecified atom stereocenters. The largest absolute Gasteiger partial charge is 3.00 e. The van der Waals surface area contributed by atoms with Gasteiger partial charge in [0.1, 0.15) is 58.9 Å². The summed E-state index contributed by atoms with van der Waals surface area (Å²) in [7, 11) is 0. The molecular weight excluding hydrogens is 929 g/mol. The smallest absolute Gasteiger partial charge is 0.549 e. The van der Waals surface area contributed by atoms with Gasteiger partial charge in [-0.2, -0.15) is 0 Å². The first kappa shape index (κ1) is 66.3. The van der Waals surface area contributed by atoms with E-state index in [1.807, 2.05) is 0 Å². The van der Waals surface area contributed by atoms with Crippen molar-refractivity contribution in [3.05, 3.63) is 0 Å². The van der Waals surface area contributed by atoms with Gasteiger partial charge in [0.15, 0.2) is 0 Å². The van der Waals surface area contributed by atoms with Crippen molar-refractivity contribution < 1.29 is 158 Å². The van der Waals surface area contributed by atoms with Crippen molar-refractivity contribution in [3.8, 4) is 0 Å². The van der Waals surface area contributed by atoms with Crippen LogP contribution >= 0.6 is 0 Å². The van der Waals surface area contributed by atoms with Gasteiger partial charge in [0.25, 0.3) is 0 Å². The zero-order valence-corrected chi connectivity index (χ0v) is 33.6. The molecule has 0 aromatic heterocycles. The fourth-order valence-electron chi connectivity index (χ4n) is 3.98. The number of nitrogens with one attached hydrogen (secondary N) is 3. The Morgan fingerprint density at radius 1 is 0.298 bits per heavy atom. The minimum absolute atomic E-state index is 0. The van der Waals surface area contributed by atoms with Gasteiger partial charge >= 0.3 is 38.2 Å². The van der Waals surface area contributed by atoms with Crippen LogP contribution in [0, 0.1) is 38.2 Å². The van der Waals surface area contributed by atoms with Crippen LogP contribution in [0.1, 0.15) is 0 Å². The molecule has 26 nitrogen and oxygen atoms in total. The van der Waals surface area contributed by atoms with Crippen LogP contribution < -0.4 is 45.3 Å². The first-order chi connectivity index (χ1) is 26.4. The normalized spacial score (nSPS) is 10.2. The van der Waals surface area contributed by atoms with Crippen LogP contribution in [0.5, 0.6) is 0 Å². The number of rotatable bonds is 30. The monoisotopic (exact) mass is 990 g/mol. The summed E-state index contributed by atoms with van der Waals surface area (Å²) < 4.78 is 0. The molecule has 0 aromatic carbocycles. The Morgan fingerprint density at radius 3 is 0.474 bits per heavy atom. The number of carboxylic acids is 6. The number of quaternary nitrogens is 3. The Bertz CT molecular complexity index is 782. The molecule has 0 atom stereocenters. The van der Waals surface area contributed by atoms with Crippen LogP contribution in [-0.2, 0) is 28.8 Å². The fourth-order valence-corrected chi connectivity index (χ4v) is 3.98. The maximum absolute atomic E-state index is 9.99. The van der Waals surface area contributed by atoms with Gasteiger partial charge in [0, 0.05) is 39.3 Å². The van der Waals surface area contributed by atoms with E-state index in [2.05, 4.69) is 0 Å². The van der Waals surface area contributed by atoms with E-state index in [0.717, 1.165) is 14.7 Å². The predicted molar refractivity (Wildman–Crippen MR) is 173 cm³/mol. The molecule has 0 saturated carbocycles. The van der Waals surface area contributed by atoms with Crippen LogP contribution in [0.4, 0.5) is 0 Å². The number of carbonyl (C=O) groups excluding carboxylic acids is 6. The Kier molecular flexibility index (Phi) is 57.8. The molecule has 0 aliphatic heterocycles. The van der Waals surface area contributed by atoms with E-state index < -0.39 is 75.1 Å². The second kappa shape index (κ2) is 49.7. The van der Waals surface area contributed by atoms with Crippen molar-refractivity contribution >= 4 is 35.8 Å². The van der Waals surface area contributed by atoms with E-state index in [0.29, 0.717) is 68.7 Å². The predicted octanol–water partition coefficient (Wildman–Crippen LogP) is -20.4. The van der Waals surface area contributed by atoms with E-state index >= 15 is 0 Å². The van der Waals surface area contributed by atoms with Gasteiger partial charge in [-0.15, -0.1) is 0 Å². The maximum atomic E-state index is 9.99. The van der Waals surface area contributed by atoms with Gasteiger partial charge in [0.2, 0.25) is 0 Å². The van der Waals surface area contributed by atoms with E-state index in [4.69, 9.17) is 46.0 Å². The molecular formula is C30H60DyN5O21. The molecule has 0 fully saturated rings.